The van der Waals surface area contributed by atoms with Gasteiger partial charge in [0.1, 0.15) is 17.6 Å². The normalized spacial score (nSPS) is 12.9. The minimum atomic E-state index is -0.734. The summed E-state index contributed by atoms with van der Waals surface area (Å²) in [6.07, 6.45) is 0. The number of H-pyrrole nitrogens is 1. The first-order valence-corrected chi connectivity index (χ1v) is 10.2. The number of halogens is 1. The Morgan fingerprint density at radius 2 is 1.77 bits per heavy atom. The fourth-order valence-electron chi connectivity index (χ4n) is 2.87. The molecule has 0 saturated carbocycles. The van der Waals surface area contributed by atoms with Gasteiger partial charge in [0.05, 0.1) is 6.04 Å². The Kier molecular flexibility index (Phi) is 7.87. The van der Waals surface area contributed by atoms with Gasteiger partial charge in [-0.15, -0.1) is 0 Å². The van der Waals surface area contributed by atoms with E-state index in [1.807, 2.05) is 0 Å². The number of aryl methyl sites for hydroxylation is 1. The number of amides is 3. The Balaban J connectivity index is 2.19. The van der Waals surface area contributed by atoms with Gasteiger partial charge in [-0.2, -0.15) is 0 Å². The largest absolute Gasteiger partial charge is 0.352 e. The van der Waals surface area contributed by atoms with Crippen molar-refractivity contribution in [3.8, 4) is 0 Å². The molecule has 1 heterocycles. The zero-order chi connectivity index (χ0) is 22.4. The van der Waals surface area contributed by atoms with E-state index in [2.05, 4.69) is 20.9 Å². The van der Waals surface area contributed by atoms with Crippen LogP contribution in [0, 0.1) is 18.7 Å². The predicted octanol–water partition coefficient (Wildman–Crippen LogP) is 1.63. The molecule has 0 aliphatic rings. The van der Waals surface area contributed by atoms with E-state index in [0.717, 1.165) is 11.3 Å². The Morgan fingerprint density at radius 1 is 1.13 bits per heavy atom. The average Bonchev–Trinajstić information content (AvgIpc) is 3.01. The number of carbonyl (C=O) groups is 3. The van der Waals surface area contributed by atoms with Gasteiger partial charge in [-0.25, -0.2) is 4.39 Å². The van der Waals surface area contributed by atoms with Crippen LogP contribution in [0.25, 0.3) is 0 Å². The second kappa shape index (κ2) is 10.1. The molecular weight excluding hydrogens is 411 g/mol. The summed E-state index contributed by atoms with van der Waals surface area (Å²) in [6.45, 7) is 6.58. The quantitative estimate of drug-likeness (QED) is 0.503. The molecule has 4 N–H and O–H groups in total. The molecule has 2 aromatic rings. The lowest BCUT2D eigenvalue weighted by atomic mass is 10.0. The first kappa shape index (κ1) is 23.3. The van der Waals surface area contributed by atoms with Crippen molar-refractivity contribution in [3.63, 3.8) is 0 Å². The van der Waals surface area contributed by atoms with Crippen molar-refractivity contribution in [1.82, 2.24) is 20.9 Å². The lowest BCUT2D eigenvalue weighted by molar-refractivity contribution is -0.129. The molecule has 30 heavy (non-hydrogen) atoms. The van der Waals surface area contributed by atoms with E-state index in [1.165, 1.54) is 31.2 Å². The van der Waals surface area contributed by atoms with Crippen molar-refractivity contribution in [1.29, 1.82) is 0 Å². The van der Waals surface area contributed by atoms with Gasteiger partial charge in [-0.3, -0.25) is 19.2 Å². The fraction of sp³-hybridized carbons (Fsp3) is 0.400. The van der Waals surface area contributed by atoms with Gasteiger partial charge in [0.2, 0.25) is 11.8 Å². The molecule has 0 radical (unpaired) electrons. The summed E-state index contributed by atoms with van der Waals surface area (Å²) in [5, 5.41) is 8.09. The maximum Gasteiger partial charge on any atom is 0.305 e. The van der Waals surface area contributed by atoms with Crippen LogP contribution in [0.5, 0.6) is 0 Å². The van der Waals surface area contributed by atoms with E-state index in [-0.39, 0.29) is 28.9 Å². The smallest absolute Gasteiger partial charge is 0.305 e. The van der Waals surface area contributed by atoms with Crippen LogP contribution >= 0.6 is 11.3 Å². The third kappa shape index (κ3) is 6.24. The van der Waals surface area contributed by atoms with Gasteiger partial charge in [-0.1, -0.05) is 37.3 Å². The van der Waals surface area contributed by atoms with Crippen LogP contribution in [0.2, 0.25) is 0 Å². The van der Waals surface area contributed by atoms with Gasteiger partial charge in [0.15, 0.2) is 0 Å². The molecule has 0 saturated heterocycles. The van der Waals surface area contributed by atoms with E-state index in [9.17, 15) is 23.6 Å². The van der Waals surface area contributed by atoms with Gasteiger partial charge in [0.25, 0.3) is 5.91 Å². The molecular formula is C20H25FN4O4S. The molecule has 0 spiro atoms. The maximum atomic E-state index is 13.3. The fourth-order valence-corrected chi connectivity index (χ4v) is 3.54. The first-order valence-electron chi connectivity index (χ1n) is 9.39. The van der Waals surface area contributed by atoms with Gasteiger partial charge in [0, 0.05) is 18.3 Å². The summed E-state index contributed by atoms with van der Waals surface area (Å²) in [4.78, 5) is 50.8. The predicted molar refractivity (Wildman–Crippen MR) is 112 cm³/mol. The second-order valence-corrected chi connectivity index (χ2v) is 8.38. The Morgan fingerprint density at radius 3 is 2.27 bits per heavy atom. The number of thiazole rings is 1. The molecule has 0 aliphatic heterocycles. The van der Waals surface area contributed by atoms with E-state index >= 15 is 0 Å². The number of aromatic amines is 1. The number of carbonyl (C=O) groups excluding carboxylic acids is 3. The minimum absolute atomic E-state index is 0.00638. The highest BCUT2D eigenvalue weighted by Gasteiger charge is 2.25. The van der Waals surface area contributed by atoms with E-state index < -0.39 is 29.7 Å². The van der Waals surface area contributed by atoms with Crippen molar-refractivity contribution in [2.45, 2.75) is 39.8 Å². The van der Waals surface area contributed by atoms with Crippen molar-refractivity contribution in [3.05, 3.63) is 55.9 Å². The number of nitrogens with one attached hydrogen (secondary N) is 4. The van der Waals surface area contributed by atoms with Crippen LogP contribution in [-0.4, -0.2) is 35.3 Å². The Bertz CT molecular complexity index is 968. The third-order valence-electron chi connectivity index (χ3n) is 4.42. The van der Waals surface area contributed by atoms with Crippen LogP contribution in [0.3, 0.4) is 0 Å². The summed E-state index contributed by atoms with van der Waals surface area (Å²) in [5.41, 5.74) is 0.711. The number of aromatic nitrogens is 1. The molecule has 8 nitrogen and oxygen atoms in total. The second-order valence-electron chi connectivity index (χ2n) is 7.19. The van der Waals surface area contributed by atoms with Crippen LogP contribution in [0.1, 0.15) is 47.7 Å². The van der Waals surface area contributed by atoms with Gasteiger partial charge < -0.3 is 20.9 Å². The molecule has 0 aliphatic carbocycles. The average molecular weight is 437 g/mol. The summed E-state index contributed by atoms with van der Waals surface area (Å²) < 4.78 is 13.3. The molecule has 1 aromatic heterocycles. The van der Waals surface area contributed by atoms with Crippen molar-refractivity contribution < 1.29 is 18.8 Å². The molecule has 3 amide bonds. The zero-order valence-corrected chi connectivity index (χ0v) is 18.0. The maximum absolute atomic E-state index is 13.3. The topological polar surface area (TPSA) is 120 Å². The highest BCUT2D eigenvalue weighted by atomic mass is 32.1. The zero-order valence-electron chi connectivity index (χ0n) is 17.2. The molecule has 10 heteroatoms. The van der Waals surface area contributed by atoms with E-state index in [4.69, 9.17) is 0 Å². The number of hydrogen-bond acceptors (Lipinski definition) is 5. The molecule has 2 rings (SSSR count). The Hall–Kier alpha value is -3.01. The van der Waals surface area contributed by atoms with Crippen LogP contribution in [0.4, 0.5) is 4.39 Å². The molecule has 0 fully saturated rings. The minimum Gasteiger partial charge on any atom is -0.352 e. The molecule has 0 bridgehead atoms. The molecule has 162 valence electrons. The van der Waals surface area contributed by atoms with Gasteiger partial charge in [-0.05, 0) is 30.5 Å². The number of hydrogen-bond donors (Lipinski definition) is 4. The number of benzene rings is 1. The highest BCUT2D eigenvalue weighted by molar-refractivity contribution is 7.09. The Labute approximate surface area is 177 Å². The number of rotatable bonds is 8. The van der Waals surface area contributed by atoms with Crippen LogP contribution in [0.15, 0.2) is 29.1 Å². The van der Waals surface area contributed by atoms with Crippen molar-refractivity contribution >= 4 is 29.1 Å². The standard InChI is InChI=1S/C20H25FN4O4S/c1-10(2)16(23-12(4)26)18(27)22-9-15(13-5-7-14(21)8-6-13)24-19(28)17-11(3)30-20(29)25-17/h5-8,10,15-16H,9H2,1-4H3,(H,22,27)(H,23,26)(H,24,28)(H,25,29). The van der Waals surface area contributed by atoms with Crippen LogP contribution < -0.4 is 20.8 Å². The molecule has 2 atom stereocenters. The van der Waals surface area contributed by atoms with Gasteiger partial charge >= 0.3 is 4.87 Å². The van der Waals surface area contributed by atoms with Crippen LogP contribution in [-0.2, 0) is 9.59 Å². The summed E-state index contributed by atoms with van der Waals surface area (Å²) in [6, 6.07) is 4.09. The monoisotopic (exact) mass is 436 g/mol. The van der Waals surface area contributed by atoms with Crippen molar-refractivity contribution in [2.24, 2.45) is 5.92 Å². The molecule has 1 aromatic carbocycles. The summed E-state index contributed by atoms with van der Waals surface area (Å²) in [5.74, 6) is -1.83. The first-order chi connectivity index (χ1) is 14.1. The van der Waals surface area contributed by atoms with E-state index in [1.54, 1.807) is 20.8 Å². The lowest BCUT2D eigenvalue weighted by Gasteiger charge is -2.24. The molecule has 2 unspecified atom stereocenters. The highest BCUT2D eigenvalue weighted by Crippen LogP contribution is 2.16. The lowest BCUT2D eigenvalue weighted by Crippen LogP contribution is -2.50. The SMILES string of the molecule is CC(=O)NC(C(=O)NCC(NC(=O)c1[nH]c(=O)sc1C)c1ccc(F)cc1)C(C)C. The summed E-state index contributed by atoms with van der Waals surface area (Å²) >= 11 is 0.922. The summed E-state index contributed by atoms with van der Waals surface area (Å²) in [7, 11) is 0. The van der Waals surface area contributed by atoms with E-state index in [0.29, 0.717) is 10.4 Å². The third-order valence-corrected chi connectivity index (χ3v) is 5.22. The van der Waals surface area contributed by atoms with Crippen molar-refractivity contribution in [2.75, 3.05) is 6.54 Å².